The molecule has 0 fully saturated rings. The Morgan fingerprint density at radius 1 is 0.472 bits per heavy atom. The second-order valence-electron chi connectivity index (χ2n) is 14.4. The lowest BCUT2D eigenvalue weighted by molar-refractivity contribution is 0.661. The number of hydrogen-bond acceptors (Lipinski definition) is 4. The molecule has 0 saturated carbocycles. The van der Waals surface area contributed by atoms with Gasteiger partial charge in [0.05, 0.1) is 11.0 Å². The van der Waals surface area contributed by atoms with Crippen LogP contribution < -0.4 is 0 Å². The van der Waals surface area contributed by atoms with Crippen LogP contribution in [-0.2, 0) is 5.41 Å². The van der Waals surface area contributed by atoms with E-state index in [1.807, 2.05) is 18.2 Å². The van der Waals surface area contributed by atoms with Crippen LogP contribution in [0.3, 0.4) is 0 Å². The summed E-state index contributed by atoms with van der Waals surface area (Å²) in [6, 6.07) is 56.3. The lowest BCUT2D eigenvalue weighted by Gasteiger charge is -2.21. The van der Waals surface area contributed by atoms with E-state index in [2.05, 4.69) is 158 Å². The van der Waals surface area contributed by atoms with Gasteiger partial charge in [-0.1, -0.05) is 129 Å². The number of hydrogen-bond donors (Lipinski definition) is 0. The molecule has 0 spiro atoms. The van der Waals surface area contributed by atoms with E-state index in [1.54, 1.807) is 11.3 Å². The van der Waals surface area contributed by atoms with Gasteiger partial charge in [-0.05, 0) is 59.2 Å². The van der Waals surface area contributed by atoms with E-state index >= 15 is 0 Å². The van der Waals surface area contributed by atoms with Crippen molar-refractivity contribution in [2.45, 2.75) is 19.3 Å². The van der Waals surface area contributed by atoms with Gasteiger partial charge in [0.25, 0.3) is 0 Å². The molecule has 0 amide bonds. The SMILES string of the molecule is CC1(C)c2ccccc2-c2c1ccc1c3ccccc3n(-c3ccc(-c4nc(-c5ccccc5)nc(-c5cccc6c5sc5ccccc56)n4)cc3)c21. The van der Waals surface area contributed by atoms with Gasteiger partial charge in [0.15, 0.2) is 17.5 Å². The van der Waals surface area contributed by atoms with Crippen LogP contribution in [0.2, 0.25) is 0 Å². The van der Waals surface area contributed by atoms with Gasteiger partial charge in [0.1, 0.15) is 0 Å². The smallest absolute Gasteiger partial charge is 0.165 e. The summed E-state index contributed by atoms with van der Waals surface area (Å²) in [6.07, 6.45) is 0. The summed E-state index contributed by atoms with van der Waals surface area (Å²) in [6.45, 7) is 4.69. The van der Waals surface area contributed by atoms with Crippen LogP contribution in [0.4, 0.5) is 0 Å². The Labute approximate surface area is 310 Å². The van der Waals surface area contributed by atoms with Crippen LogP contribution in [0.15, 0.2) is 158 Å². The highest BCUT2D eigenvalue weighted by atomic mass is 32.1. The highest BCUT2D eigenvalue weighted by Crippen LogP contribution is 2.53. The molecular weight excluding hydrogens is 665 g/mol. The molecule has 0 bridgehead atoms. The molecule has 0 unspecified atom stereocenters. The number of aromatic nitrogens is 4. The summed E-state index contributed by atoms with van der Waals surface area (Å²) in [4.78, 5) is 15.3. The number of thiophene rings is 1. The van der Waals surface area contributed by atoms with Crippen LogP contribution in [0.1, 0.15) is 25.0 Å². The molecule has 11 rings (SSSR count). The fourth-order valence-electron chi connectivity index (χ4n) is 8.54. The minimum Gasteiger partial charge on any atom is -0.309 e. The van der Waals surface area contributed by atoms with Crippen molar-refractivity contribution >= 4 is 53.3 Å². The highest BCUT2D eigenvalue weighted by Gasteiger charge is 2.37. The van der Waals surface area contributed by atoms with Gasteiger partial charge in [-0.3, -0.25) is 0 Å². The van der Waals surface area contributed by atoms with Crippen molar-refractivity contribution in [3.8, 4) is 51.0 Å². The monoisotopic (exact) mass is 696 g/mol. The fourth-order valence-corrected chi connectivity index (χ4v) is 9.75. The van der Waals surface area contributed by atoms with E-state index in [0.29, 0.717) is 17.5 Å². The minimum absolute atomic E-state index is 0.0850. The summed E-state index contributed by atoms with van der Waals surface area (Å²) in [5.74, 6) is 1.98. The normalized spacial score (nSPS) is 13.2. The Bertz CT molecular complexity index is 3080. The highest BCUT2D eigenvalue weighted by molar-refractivity contribution is 7.26. The molecule has 0 atom stereocenters. The Kier molecular flexibility index (Phi) is 6.43. The van der Waals surface area contributed by atoms with Gasteiger partial charge in [0, 0.05) is 64.3 Å². The zero-order chi connectivity index (χ0) is 35.3. The molecule has 1 aliphatic rings. The topological polar surface area (TPSA) is 43.6 Å². The maximum atomic E-state index is 5.18. The predicted octanol–water partition coefficient (Wildman–Crippen LogP) is 12.6. The Morgan fingerprint density at radius 2 is 1.11 bits per heavy atom. The molecule has 1 aliphatic carbocycles. The third kappa shape index (κ3) is 4.44. The lowest BCUT2D eigenvalue weighted by Crippen LogP contribution is -2.14. The molecule has 5 heteroatoms. The predicted molar refractivity (Wildman–Crippen MR) is 221 cm³/mol. The van der Waals surface area contributed by atoms with E-state index in [0.717, 1.165) is 22.4 Å². The molecule has 3 aromatic heterocycles. The third-order valence-corrected chi connectivity index (χ3v) is 12.3. The molecule has 3 heterocycles. The van der Waals surface area contributed by atoms with Crippen molar-refractivity contribution in [1.82, 2.24) is 19.5 Å². The van der Waals surface area contributed by atoms with Gasteiger partial charge in [0.2, 0.25) is 0 Å². The van der Waals surface area contributed by atoms with Gasteiger partial charge in [-0.2, -0.15) is 0 Å². The largest absolute Gasteiger partial charge is 0.309 e. The first kappa shape index (κ1) is 30.2. The van der Waals surface area contributed by atoms with Crippen molar-refractivity contribution in [3.05, 3.63) is 169 Å². The van der Waals surface area contributed by atoms with Crippen LogP contribution in [0.25, 0.3) is 93.0 Å². The van der Waals surface area contributed by atoms with Crippen LogP contribution in [0, 0.1) is 0 Å². The summed E-state index contributed by atoms with van der Waals surface area (Å²) < 4.78 is 4.89. The summed E-state index contributed by atoms with van der Waals surface area (Å²) in [5.41, 5.74) is 11.8. The zero-order valence-corrected chi connectivity index (χ0v) is 30.0. The standard InChI is InChI=1S/C48H32N4S/c1-48(2)38-20-9-6-17-36(38)42-39(48)28-27-34-32-15-7-10-21-40(32)52(43(34)42)31-25-23-30(24-26-31)46-49-45(29-13-4-3-5-14-29)50-47(51-46)37-19-12-18-35-33-16-8-11-22-41(33)53-44(35)37/h3-28H,1-2H3. The van der Waals surface area contributed by atoms with Crippen molar-refractivity contribution in [1.29, 1.82) is 0 Å². The molecular formula is C48H32N4S. The van der Waals surface area contributed by atoms with Gasteiger partial charge in [-0.25, -0.2) is 15.0 Å². The minimum atomic E-state index is -0.0850. The first-order valence-corrected chi connectivity index (χ1v) is 18.9. The Hall–Kier alpha value is -6.43. The number of benzene rings is 7. The summed E-state index contributed by atoms with van der Waals surface area (Å²) >= 11 is 1.79. The Balaban J connectivity index is 1.10. The number of nitrogens with zero attached hydrogens (tertiary/aromatic N) is 4. The first-order valence-electron chi connectivity index (χ1n) is 18.0. The van der Waals surface area contributed by atoms with E-state index in [-0.39, 0.29) is 5.41 Å². The van der Waals surface area contributed by atoms with Gasteiger partial charge < -0.3 is 4.57 Å². The molecule has 4 nitrogen and oxygen atoms in total. The molecule has 7 aromatic carbocycles. The van der Waals surface area contributed by atoms with E-state index in [9.17, 15) is 0 Å². The molecule has 53 heavy (non-hydrogen) atoms. The van der Waals surface area contributed by atoms with Crippen LogP contribution >= 0.6 is 11.3 Å². The molecule has 0 radical (unpaired) electrons. The van der Waals surface area contributed by atoms with Crippen molar-refractivity contribution < 1.29 is 0 Å². The summed E-state index contributed by atoms with van der Waals surface area (Å²) in [5, 5.41) is 4.99. The quantitative estimate of drug-likeness (QED) is 0.184. The lowest BCUT2D eigenvalue weighted by atomic mass is 9.82. The van der Waals surface area contributed by atoms with E-state index in [4.69, 9.17) is 15.0 Å². The number of para-hydroxylation sites is 1. The van der Waals surface area contributed by atoms with E-state index < -0.39 is 0 Å². The average molecular weight is 697 g/mol. The number of rotatable bonds is 4. The van der Waals surface area contributed by atoms with Crippen molar-refractivity contribution in [2.75, 3.05) is 0 Å². The number of fused-ring (bicyclic) bond motifs is 10. The second kappa shape index (κ2) is 11.3. The molecule has 0 aliphatic heterocycles. The molecule has 0 saturated heterocycles. The fraction of sp³-hybridized carbons (Fsp3) is 0.0625. The van der Waals surface area contributed by atoms with Crippen molar-refractivity contribution in [3.63, 3.8) is 0 Å². The molecule has 250 valence electrons. The van der Waals surface area contributed by atoms with Crippen molar-refractivity contribution in [2.24, 2.45) is 0 Å². The molecule has 0 N–H and O–H groups in total. The van der Waals surface area contributed by atoms with Gasteiger partial charge >= 0.3 is 0 Å². The van der Waals surface area contributed by atoms with E-state index in [1.165, 1.54) is 64.2 Å². The maximum absolute atomic E-state index is 5.18. The van der Waals surface area contributed by atoms with Crippen LogP contribution in [0.5, 0.6) is 0 Å². The maximum Gasteiger partial charge on any atom is 0.165 e. The second-order valence-corrected chi connectivity index (χ2v) is 15.5. The average Bonchev–Trinajstić information content (AvgIpc) is 3.84. The third-order valence-electron chi connectivity index (χ3n) is 11.1. The molecule has 10 aromatic rings. The Morgan fingerprint density at radius 3 is 1.94 bits per heavy atom. The first-order chi connectivity index (χ1) is 26.0. The zero-order valence-electron chi connectivity index (χ0n) is 29.2. The van der Waals surface area contributed by atoms with Gasteiger partial charge in [-0.15, -0.1) is 11.3 Å². The van der Waals surface area contributed by atoms with Crippen LogP contribution in [-0.4, -0.2) is 19.5 Å². The summed E-state index contributed by atoms with van der Waals surface area (Å²) in [7, 11) is 0.